The van der Waals surface area contributed by atoms with Crippen molar-refractivity contribution in [2.45, 2.75) is 117 Å². The molecule has 0 rings (SSSR count). The van der Waals surface area contributed by atoms with E-state index in [2.05, 4.69) is 20.8 Å². The first-order valence-corrected chi connectivity index (χ1v) is 9.64. The molecule has 1 heteroatoms. The summed E-state index contributed by atoms with van der Waals surface area (Å²) >= 11 is 0. The third-order valence-corrected chi connectivity index (χ3v) is 4.43. The first-order chi connectivity index (χ1) is 9.81. The first-order valence-electron chi connectivity index (χ1n) is 9.64. The van der Waals surface area contributed by atoms with Gasteiger partial charge in [-0.15, -0.1) is 0 Å². The molecule has 0 spiro atoms. The van der Waals surface area contributed by atoms with Crippen molar-refractivity contribution in [3.63, 3.8) is 0 Å². The van der Waals surface area contributed by atoms with Gasteiger partial charge in [0, 0.05) is 37.7 Å². The molecule has 0 nitrogen and oxygen atoms in total. The largest absolute Gasteiger partial charge is 0.0654 e. The molecule has 0 N–H and O–H groups in total. The molecule has 0 saturated carbocycles. The van der Waals surface area contributed by atoms with Crippen LogP contribution in [0.2, 0.25) is 0 Å². The zero-order valence-corrected chi connectivity index (χ0v) is 15.7. The van der Waals surface area contributed by atoms with Crippen LogP contribution in [0, 0.1) is 50.6 Å². The maximum absolute atomic E-state index is 4.33. The average Bonchev–Trinajstić information content (AvgIpc) is 2.45. The van der Waals surface area contributed by atoms with Gasteiger partial charge in [0.05, 0.1) is 0 Å². The molecule has 0 aromatic heterocycles. The Balaban J connectivity index is 0. The van der Waals surface area contributed by atoms with Gasteiger partial charge in [-0.3, -0.25) is 0 Å². The van der Waals surface area contributed by atoms with Gasteiger partial charge < -0.3 is 0 Å². The SMILES string of the molecule is [Ar].[CH2]C(CCCCCCCC)CCCCCCCCCC. The van der Waals surface area contributed by atoms with Crippen LogP contribution in [0.3, 0.4) is 0 Å². The Kier molecular flexibility index (Phi) is 24.8. The molecule has 21 heavy (non-hydrogen) atoms. The standard InChI is InChI=1S/C20H41.Ar/c1-4-6-8-10-12-13-15-17-19-20(3)18-16-14-11-9-7-5-2;/h20H,3-19H2,1-2H3;. The van der Waals surface area contributed by atoms with Gasteiger partial charge in [0.25, 0.3) is 0 Å². The van der Waals surface area contributed by atoms with Gasteiger partial charge in [0.1, 0.15) is 0 Å². The quantitative estimate of drug-likeness (QED) is 0.255. The Morgan fingerprint density at radius 2 is 0.810 bits per heavy atom. The zero-order chi connectivity index (χ0) is 14.9. The van der Waals surface area contributed by atoms with E-state index in [1.54, 1.807) is 0 Å². The van der Waals surface area contributed by atoms with Gasteiger partial charge in [-0.25, -0.2) is 0 Å². The third-order valence-electron chi connectivity index (χ3n) is 4.43. The van der Waals surface area contributed by atoms with Crippen LogP contribution >= 0.6 is 0 Å². The molecular formula is C20H41Ar. The summed E-state index contributed by atoms with van der Waals surface area (Å²) in [5.41, 5.74) is 0. The molecule has 0 aliphatic heterocycles. The number of unbranched alkanes of at least 4 members (excludes halogenated alkanes) is 12. The smallest absolute Gasteiger partial charge is 0 e. The Morgan fingerprint density at radius 3 is 1.14 bits per heavy atom. The van der Waals surface area contributed by atoms with Crippen LogP contribution in [-0.2, 0) is 0 Å². The number of rotatable bonds is 16. The Bertz CT molecular complexity index is 167. The minimum Gasteiger partial charge on any atom is -0.0654 e. The van der Waals surface area contributed by atoms with Crippen molar-refractivity contribution in [1.82, 2.24) is 0 Å². The first kappa shape index (κ1) is 24.5. The molecule has 1 atom stereocenters. The van der Waals surface area contributed by atoms with Crippen molar-refractivity contribution < 1.29 is 37.7 Å². The molecule has 0 aromatic rings. The molecule has 0 bridgehead atoms. The van der Waals surface area contributed by atoms with Crippen LogP contribution in [0.15, 0.2) is 0 Å². The Hall–Kier alpha value is 1.26. The summed E-state index contributed by atoms with van der Waals surface area (Å²) in [5, 5.41) is 0. The summed E-state index contributed by atoms with van der Waals surface area (Å²) in [6, 6.07) is 0. The fraction of sp³-hybridized carbons (Fsp3) is 0.950. The van der Waals surface area contributed by atoms with Crippen LogP contribution in [0.5, 0.6) is 0 Å². The van der Waals surface area contributed by atoms with E-state index in [4.69, 9.17) is 0 Å². The van der Waals surface area contributed by atoms with Gasteiger partial charge in [0.2, 0.25) is 0 Å². The van der Waals surface area contributed by atoms with Crippen LogP contribution in [0.4, 0.5) is 0 Å². The number of hydrogen-bond acceptors (Lipinski definition) is 0. The van der Waals surface area contributed by atoms with E-state index >= 15 is 0 Å². The monoisotopic (exact) mass is 321 g/mol. The minimum atomic E-state index is 0. The Labute approximate surface area is 166 Å². The van der Waals surface area contributed by atoms with Crippen LogP contribution in [0.25, 0.3) is 0 Å². The summed E-state index contributed by atoms with van der Waals surface area (Å²) < 4.78 is 0. The molecule has 1 radical (unpaired) electrons. The van der Waals surface area contributed by atoms with Crippen LogP contribution in [-0.4, -0.2) is 0 Å². The van der Waals surface area contributed by atoms with Crippen molar-refractivity contribution in [1.29, 1.82) is 0 Å². The van der Waals surface area contributed by atoms with E-state index < -0.39 is 0 Å². The summed E-state index contributed by atoms with van der Waals surface area (Å²) in [4.78, 5) is 0. The van der Waals surface area contributed by atoms with E-state index in [1.165, 1.54) is 103 Å². The molecule has 0 fully saturated rings. The van der Waals surface area contributed by atoms with Gasteiger partial charge in [-0.05, 0) is 5.92 Å². The zero-order valence-electron chi connectivity index (χ0n) is 15.0. The molecule has 0 amide bonds. The van der Waals surface area contributed by atoms with Gasteiger partial charge in [-0.2, -0.15) is 0 Å². The Morgan fingerprint density at radius 1 is 0.524 bits per heavy atom. The van der Waals surface area contributed by atoms with Crippen molar-refractivity contribution >= 4 is 0 Å². The molecule has 0 aliphatic carbocycles. The molecule has 1 unspecified atom stereocenters. The maximum atomic E-state index is 4.33. The van der Waals surface area contributed by atoms with E-state index in [0.29, 0.717) is 0 Å². The predicted octanol–water partition coefficient (Wildman–Crippen LogP) is 7.72. The topological polar surface area (TPSA) is 0 Å². The summed E-state index contributed by atoms with van der Waals surface area (Å²) in [6.07, 6.45) is 22.7. The van der Waals surface area contributed by atoms with E-state index in [9.17, 15) is 0 Å². The van der Waals surface area contributed by atoms with E-state index in [1.807, 2.05) is 0 Å². The summed E-state index contributed by atoms with van der Waals surface area (Å²) in [5.74, 6) is 0.723. The average molecular weight is 321 g/mol. The van der Waals surface area contributed by atoms with Crippen molar-refractivity contribution in [2.75, 3.05) is 0 Å². The number of hydrogen-bond donors (Lipinski definition) is 0. The second-order valence-corrected chi connectivity index (χ2v) is 6.69. The normalized spacial score (nSPS) is 12.1. The summed E-state index contributed by atoms with van der Waals surface area (Å²) in [7, 11) is 0. The van der Waals surface area contributed by atoms with Gasteiger partial charge >= 0.3 is 0 Å². The molecule has 0 aromatic carbocycles. The molecule has 0 heterocycles. The maximum Gasteiger partial charge on any atom is 0 e. The fourth-order valence-electron chi connectivity index (χ4n) is 2.92. The molecule has 129 valence electrons. The van der Waals surface area contributed by atoms with E-state index in [0.717, 1.165) is 5.92 Å². The second kappa shape index (κ2) is 21.3. The van der Waals surface area contributed by atoms with Crippen molar-refractivity contribution in [2.24, 2.45) is 5.92 Å². The van der Waals surface area contributed by atoms with E-state index in [-0.39, 0.29) is 37.7 Å². The van der Waals surface area contributed by atoms with Crippen molar-refractivity contribution in [3.8, 4) is 0 Å². The van der Waals surface area contributed by atoms with Crippen LogP contribution < -0.4 is 0 Å². The van der Waals surface area contributed by atoms with Gasteiger partial charge in [-0.1, -0.05) is 124 Å². The minimum absolute atomic E-state index is 0. The summed E-state index contributed by atoms with van der Waals surface area (Å²) in [6.45, 7) is 8.91. The fourth-order valence-corrected chi connectivity index (χ4v) is 2.92. The molecular weight excluding hydrogens is 280 g/mol. The predicted molar refractivity (Wildman–Crippen MR) is 94.1 cm³/mol. The molecule has 0 aliphatic rings. The van der Waals surface area contributed by atoms with Crippen molar-refractivity contribution in [3.05, 3.63) is 6.92 Å². The second-order valence-electron chi connectivity index (χ2n) is 6.69. The molecule has 0 saturated heterocycles. The van der Waals surface area contributed by atoms with Gasteiger partial charge in [0.15, 0.2) is 0 Å². The van der Waals surface area contributed by atoms with Crippen LogP contribution in [0.1, 0.15) is 117 Å². The third kappa shape index (κ3) is 21.3.